The van der Waals surface area contributed by atoms with Gasteiger partial charge in [-0.3, -0.25) is 24.6 Å². The maximum absolute atomic E-state index is 14.4. The summed E-state index contributed by atoms with van der Waals surface area (Å²) < 4.78 is 25.8. The van der Waals surface area contributed by atoms with E-state index in [2.05, 4.69) is 22.3 Å². The highest BCUT2D eigenvalue weighted by molar-refractivity contribution is 6.32. The summed E-state index contributed by atoms with van der Waals surface area (Å²) in [5, 5.41) is 2.31. The summed E-state index contributed by atoms with van der Waals surface area (Å²) >= 11 is 0. The molecular weight excluding hydrogens is 452 g/mol. The number of hydrogen-bond donors (Lipinski definition) is 1. The second-order valence-corrected chi connectivity index (χ2v) is 9.47. The lowest BCUT2D eigenvalue weighted by molar-refractivity contribution is -0.138. The van der Waals surface area contributed by atoms with Crippen molar-refractivity contribution in [3.8, 4) is 5.75 Å². The van der Waals surface area contributed by atoms with Crippen LogP contribution in [0, 0.1) is 5.82 Å². The minimum absolute atomic E-state index is 0.111. The normalized spacial score (nSPS) is 22.8. The number of benzene rings is 2. The Balaban J connectivity index is 1.29. The number of nitrogens with one attached hydrogen (secondary N) is 1. The summed E-state index contributed by atoms with van der Waals surface area (Å²) in [6.45, 7) is 4.54. The maximum Gasteiger partial charge on any atom is 0.255 e. The van der Waals surface area contributed by atoms with Crippen molar-refractivity contribution in [1.82, 2.24) is 15.1 Å². The van der Waals surface area contributed by atoms with Gasteiger partial charge in [0.2, 0.25) is 11.8 Å². The number of carbonyl (C=O) groups excluding carboxylic acids is 3. The SMILES string of the molecule is BC1(N2Cc3c(OCc4ccc(CN5CCOCC5)cc4)cc(F)cc3C2=O)CCC(=O)NC1=O. The summed E-state index contributed by atoms with van der Waals surface area (Å²) in [5.41, 5.74) is 1.67. The predicted octanol–water partition coefficient (Wildman–Crippen LogP) is 0.959. The molecule has 0 aromatic heterocycles. The van der Waals surface area contributed by atoms with Crippen LogP contribution in [0.2, 0.25) is 0 Å². The third-order valence-electron chi connectivity index (χ3n) is 7.07. The number of nitrogens with zero attached hydrogens (tertiary/aromatic N) is 2. The first kappa shape index (κ1) is 23.5. The fourth-order valence-corrected chi connectivity index (χ4v) is 4.84. The highest BCUT2D eigenvalue weighted by atomic mass is 19.1. The number of fused-ring (bicyclic) bond motifs is 1. The second-order valence-electron chi connectivity index (χ2n) is 9.47. The molecule has 10 heteroatoms. The number of carbonyl (C=O) groups is 3. The van der Waals surface area contributed by atoms with Gasteiger partial charge in [-0.1, -0.05) is 24.3 Å². The standard InChI is InChI=1S/C25H27BFN3O5/c26-25(6-5-22(31)28-24(25)33)30-14-20-19(23(30)32)11-18(27)12-21(20)35-15-17-3-1-16(2-4-17)13-29-7-9-34-10-8-29/h1-4,11-12H,5-10,13-15,26H2,(H,28,31,33). The van der Waals surface area contributed by atoms with Crippen LogP contribution < -0.4 is 10.1 Å². The molecule has 0 bridgehead atoms. The van der Waals surface area contributed by atoms with Gasteiger partial charge >= 0.3 is 0 Å². The van der Waals surface area contributed by atoms with Crippen molar-refractivity contribution in [2.45, 2.75) is 38.0 Å². The van der Waals surface area contributed by atoms with Crippen molar-refractivity contribution in [2.75, 3.05) is 26.3 Å². The van der Waals surface area contributed by atoms with Crippen LogP contribution in [-0.4, -0.2) is 67.1 Å². The molecule has 0 aliphatic carbocycles. The summed E-state index contributed by atoms with van der Waals surface area (Å²) in [7, 11) is 1.63. The Bertz CT molecular complexity index is 1170. The third-order valence-corrected chi connectivity index (χ3v) is 7.07. The van der Waals surface area contributed by atoms with Gasteiger partial charge in [0, 0.05) is 37.7 Å². The molecule has 3 aliphatic heterocycles. The van der Waals surface area contributed by atoms with E-state index in [1.165, 1.54) is 22.6 Å². The van der Waals surface area contributed by atoms with Gasteiger partial charge in [-0.2, -0.15) is 0 Å². The Kier molecular flexibility index (Phi) is 6.33. The Morgan fingerprint density at radius 3 is 2.51 bits per heavy atom. The third kappa shape index (κ3) is 4.68. The minimum atomic E-state index is -1.19. The molecule has 182 valence electrons. The van der Waals surface area contributed by atoms with Crippen molar-refractivity contribution in [3.63, 3.8) is 0 Å². The molecule has 3 amide bonds. The molecule has 2 aromatic carbocycles. The van der Waals surface area contributed by atoms with Gasteiger partial charge in [0.05, 0.1) is 30.8 Å². The Hall–Kier alpha value is -3.24. The Morgan fingerprint density at radius 2 is 1.80 bits per heavy atom. The van der Waals surface area contributed by atoms with E-state index in [0.717, 1.165) is 38.4 Å². The molecule has 2 saturated heterocycles. The van der Waals surface area contributed by atoms with Crippen LogP contribution in [0.3, 0.4) is 0 Å². The molecule has 0 spiro atoms. The van der Waals surface area contributed by atoms with Crippen LogP contribution in [0.5, 0.6) is 5.75 Å². The average Bonchev–Trinajstić information content (AvgIpc) is 3.19. The van der Waals surface area contributed by atoms with Crippen LogP contribution in [-0.2, 0) is 34.0 Å². The van der Waals surface area contributed by atoms with Gasteiger partial charge < -0.3 is 14.4 Å². The number of rotatable bonds is 6. The van der Waals surface area contributed by atoms with Gasteiger partial charge in [0.15, 0.2) is 0 Å². The van der Waals surface area contributed by atoms with Crippen LogP contribution in [0.1, 0.15) is 39.9 Å². The van der Waals surface area contributed by atoms with E-state index in [4.69, 9.17) is 9.47 Å². The quantitative estimate of drug-likeness (QED) is 0.491. The van der Waals surface area contributed by atoms with Gasteiger partial charge in [0.25, 0.3) is 5.91 Å². The van der Waals surface area contributed by atoms with Crippen molar-refractivity contribution in [3.05, 3.63) is 64.5 Å². The molecule has 8 nitrogen and oxygen atoms in total. The first-order valence-electron chi connectivity index (χ1n) is 11.8. The highest BCUT2D eigenvalue weighted by Crippen LogP contribution is 2.37. The smallest absolute Gasteiger partial charge is 0.255 e. The number of morpholine rings is 1. The molecule has 2 fully saturated rings. The van der Waals surface area contributed by atoms with Gasteiger partial charge in [0.1, 0.15) is 26.0 Å². The zero-order valence-electron chi connectivity index (χ0n) is 19.6. The lowest BCUT2D eigenvalue weighted by Crippen LogP contribution is -2.63. The minimum Gasteiger partial charge on any atom is -0.488 e. The summed E-state index contributed by atoms with van der Waals surface area (Å²) in [5.74, 6) is -1.62. The van der Waals surface area contributed by atoms with Crippen molar-refractivity contribution < 1.29 is 28.2 Å². The van der Waals surface area contributed by atoms with E-state index in [9.17, 15) is 18.8 Å². The number of ether oxygens (including phenoxy) is 2. The fourth-order valence-electron chi connectivity index (χ4n) is 4.84. The van der Waals surface area contributed by atoms with Gasteiger partial charge in [-0.05, 0) is 23.6 Å². The molecule has 3 heterocycles. The number of piperidine rings is 1. The lowest BCUT2D eigenvalue weighted by atomic mass is 9.70. The second kappa shape index (κ2) is 9.43. The Morgan fingerprint density at radius 1 is 1.09 bits per heavy atom. The molecule has 5 rings (SSSR count). The number of imide groups is 1. The van der Waals surface area contributed by atoms with E-state index >= 15 is 0 Å². The monoisotopic (exact) mass is 479 g/mol. The van der Waals surface area contributed by atoms with Gasteiger partial charge in [-0.25, -0.2) is 4.39 Å². The first-order valence-corrected chi connectivity index (χ1v) is 11.8. The molecule has 0 radical (unpaired) electrons. The number of halogens is 1. The van der Waals surface area contributed by atoms with Gasteiger partial charge in [-0.15, -0.1) is 0 Å². The van der Waals surface area contributed by atoms with Crippen molar-refractivity contribution >= 4 is 25.6 Å². The zero-order chi connectivity index (χ0) is 24.6. The zero-order valence-corrected chi connectivity index (χ0v) is 19.6. The molecule has 1 unspecified atom stereocenters. The molecule has 1 N–H and O–H groups in total. The van der Waals surface area contributed by atoms with E-state index in [1.54, 1.807) is 7.85 Å². The topological polar surface area (TPSA) is 88.2 Å². The molecular formula is C25H27BFN3O5. The van der Waals surface area contributed by atoms with Crippen LogP contribution in [0.25, 0.3) is 0 Å². The van der Waals surface area contributed by atoms with E-state index < -0.39 is 23.1 Å². The van der Waals surface area contributed by atoms with E-state index in [0.29, 0.717) is 5.56 Å². The maximum atomic E-state index is 14.4. The molecule has 35 heavy (non-hydrogen) atoms. The molecule has 1 atom stereocenters. The van der Waals surface area contributed by atoms with Crippen molar-refractivity contribution in [1.29, 1.82) is 0 Å². The summed E-state index contributed by atoms with van der Waals surface area (Å²) in [6, 6.07) is 10.5. The summed E-state index contributed by atoms with van der Waals surface area (Å²) in [4.78, 5) is 41.1. The van der Waals surface area contributed by atoms with E-state index in [-0.39, 0.29) is 43.2 Å². The van der Waals surface area contributed by atoms with Crippen molar-refractivity contribution in [2.24, 2.45) is 0 Å². The Labute approximate surface area is 203 Å². The number of amides is 3. The number of hydrogen-bond acceptors (Lipinski definition) is 6. The lowest BCUT2D eigenvalue weighted by Gasteiger charge is -2.39. The summed E-state index contributed by atoms with van der Waals surface area (Å²) in [6.07, 6.45) is 0.356. The van der Waals surface area contributed by atoms with E-state index in [1.807, 2.05) is 12.1 Å². The van der Waals surface area contributed by atoms with Crippen LogP contribution in [0.4, 0.5) is 4.39 Å². The predicted molar refractivity (Wildman–Crippen MR) is 127 cm³/mol. The molecule has 3 aliphatic rings. The fraction of sp³-hybridized carbons (Fsp3) is 0.400. The van der Waals surface area contributed by atoms with Crippen LogP contribution in [0.15, 0.2) is 36.4 Å². The largest absolute Gasteiger partial charge is 0.488 e. The van der Waals surface area contributed by atoms with Crippen LogP contribution >= 0.6 is 0 Å². The average molecular weight is 479 g/mol. The molecule has 2 aromatic rings. The highest BCUT2D eigenvalue weighted by Gasteiger charge is 2.48. The first-order chi connectivity index (χ1) is 16.8. The molecule has 0 saturated carbocycles.